The molecule has 1 aliphatic heterocycles. The lowest BCUT2D eigenvalue weighted by Crippen LogP contribution is -2.48. The van der Waals surface area contributed by atoms with Gasteiger partial charge in [0.2, 0.25) is 0 Å². The van der Waals surface area contributed by atoms with Crippen molar-refractivity contribution in [1.82, 2.24) is 15.5 Å². The molecule has 2 rings (SSSR count). The molecule has 0 spiro atoms. The van der Waals surface area contributed by atoms with Gasteiger partial charge in [-0.25, -0.2) is 0 Å². The highest BCUT2D eigenvalue weighted by molar-refractivity contribution is 14.0. The van der Waals surface area contributed by atoms with Gasteiger partial charge in [0.15, 0.2) is 5.96 Å². The molecule has 1 fully saturated rings. The number of guanidine groups is 1. The van der Waals surface area contributed by atoms with Gasteiger partial charge in [-0.05, 0) is 42.7 Å². The van der Waals surface area contributed by atoms with Gasteiger partial charge in [0.05, 0.1) is 0 Å². The monoisotopic (exact) mass is 534 g/mol. The van der Waals surface area contributed by atoms with E-state index in [-0.39, 0.29) is 34.6 Å². The summed E-state index contributed by atoms with van der Waals surface area (Å²) in [4.78, 5) is 18.1. The Morgan fingerprint density at radius 1 is 1.28 bits per heavy atom. The van der Waals surface area contributed by atoms with Crippen LogP contribution in [0.25, 0.3) is 0 Å². The van der Waals surface area contributed by atoms with Crippen LogP contribution >= 0.6 is 35.7 Å². The Hall–Kier alpha value is -1.00. The van der Waals surface area contributed by atoms with E-state index in [2.05, 4.69) is 28.6 Å². The van der Waals surface area contributed by atoms with Gasteiger partial charge in [-0.2, -0.15) is 11.8 Å². The van der Waals surface area contributed by atoms with Crippen LogP contribution in [0.1, 0.15) is 35.7 Å². The van der Waals surface area contributed by atoms with Gasteiger partial charge in [-0.1, -0.05) is 19.1 Å². The van der Waals surface area contributed by atoms with Crippen LogP contribution in [0.4, 0.5) is 0 Å². The lowest BCUT2D eigenvalue weighted by Gasteiger charge is -2.37. The molecule has 1 amide bonds. The summed E-state index contributed by atoms with van der Waals surface area (Å²) in [5.41, 5.74) is 1.86. The van der Waals surface area contributed by atoms with Crippen molar-refractivity contribution in [2.75, 3.05) is 53.2 Å². The Labute approximate surface area is 196 Å². The van der Waals surface area contributed by atoms with Gasteiger partial charge < -0.3 is 20.3 Å². The van der Waals surface area contributed by atoms with Gasteiger partial charge in [-0.15, -0.1) is 24.0 Å². The summed E-state index contributed by atoms with van der Waals surface area (Å²) in [7, 11) is 5.35. The lowest BCUT2D eigenvalue weighted by molar-refractivity contribution is 0.0782. The molecule has 6 nitrogen and oxygen atoms in total. The molecule has 1 aliphatic rings. The summed E-state index contributed by atoms with van der Waals surface area (Å²) in [5.74, 6) is 1.96. The average molecular weight is 535 g/mol. The number of carbonyl (C=O) groups excluding carboxylic acids is 1. The van der Waals surface area contributed by atoms with Gasteiger partial charge in [0.25, 0.3) is 5.91 Å². The normalized spacial score (nSPS) is 15.9. The van der Waals surface area contributed by atoms with Crippen molar-refractivity contribution in [3.8, 4) is 0 Å². The second kappa shape index (κ2) is 13.3. The van der Waals surface area contributed by atoms with Crippen LogP contribution in [-0.2, 0) is 11.2 Å². The maximum absolute atomic E-state index is 12.1. The van der Waals surface area contributed by atoms with Crippen LogP contribution in [0.5, 0.6) is 0 Å². The maximum atomic E-state index is 12.1. The first-order valence-electron chi connectivity index (χ1n) is 9.96. The SMILES string of the molecule is CCSC1(CNC(=NC)NCCc2cccc(C(=O)N(C)C)c2)CCOCC1.I. The van der Waals surface area contributed by atoms with E-state index in [1.54, 1.807) is 26.0 Å². The first kappa shape index (κ1) is 26.0. The number of benzene rings is 1. The molecule has 0 aromatic heterocycles. The molecule has 0 aliphatic carbocycles. The van der Waals surface area contributed by atoms with Gasteiger partial charge in [0, 0.05) is 57.8 Å². The first-order chi connectivity index (χ1) is 13.5. The third-order valence-electron chi connectivity index (χ3n) is 4.94. The Kier molecular flexibility index (Phi) is 12.0. The van der Waals surface area contributed by atoms with Crippen LogP contribution in [0.2, 0.25) is 0 Å². The summed E-state index contributed by atoms with van der Waals surface area (Å²) in [6, 6.07) is 7.82. The molecule has 1 aromatic carbocycles. The number of ether oxygens (including phenoxy) is 1. The quantitative estimate of drug-likeness (QED) is 0.305. The minimum absolute atomic E-state index is 0. The van der Waals surface area contributed by atoms with Crippen molar-refractivity contribution in [3.05, 3.63) is 35.4 Å². The molecular weight excluding hydrogens is 499 g/mol. The standard InChI is InChI=1S/C21H34N4O2S.HI/c1-5-28-21(10-13-27-14-11-21)16-24-20(22-2)23-12-9-17-7-6-8-18(15-17)19(26)25(3)4;/h6-8,15H,5,9-14,16H2,1-4H3,(H2,22,23,24);1H. The number of halogens is 1. The van der Waals surface area contributed by atoms with Crippen LogP contribution < -0.4 is 10.6 Å². The first-order valence-corrected chi connectivity index (χ1v) is 10.9. The second-order valence-electron chi connectivity index (χ2n) is 7.23. The summed E-state index contributed by atoms with van der Waals surface area (Å²) in [6.07, 6.45) is 2.97. The lowest BCUT2D eigenvalue weighted by atomic mass is 9.99. The summed E-state index contributed by atoms with van der Waals surface area (Å²) in [6.45, 7) is 5.53. The van der Waals surface area contributed by atoms with Gasteiger partial charge in [-0.3, -0.25) is 9.79 Å². The number of hydrogen-bond donors (Lipinski definition) is 2. The fourth-order valence-corrected chi connectivity index (χ4v) is 4.57. The topological polar surface area (TPSA) is 66.0 Å². The van der Waals surface area contributed by atoms with E-state index < -0.39 is 0 Å². The summed E-state index contributed by atoms with van der Waals surface area (Å²) in [5, 5.41) is 6.89. The predicted octanol–water partition coefficient (Wildman–Crippen LogP) is 3.02. The fourth-order valence-electron chi connectivity index (χ4n) is 3.33. The van der Waals surface area contributed by atoms with E-state index >= 15 is 0 Å². The molecular formula is C21H35IN4O2S. The molecule has 0 atom stereocenters. The molecule has 8 heteroatoms. The Morgan fingerprint density at radius 2 is 2.00 bits per heavy atom. The van der Waals surface area contributed by atoms with Gasteiger partial charge in [0.1, 0.15) is 0 Å². The van der Waals surface area contributed by atoms with E-state index in [4.69, 9.17) is 4.74 Å². The Bertz CT molecular complexity index is 658. The molecule has 0 bridgehead atoms. The van der Waals surface area contributed by atoms with Crippen molar-refractivity contribution < 1.29 is 9.53 Å². The number of carbonyl (C=O) groups is 1. The molecule has 1 heterocycles. The van der Waals surface area contributed by atoms with Crippen molar-refractivity contribution in [2.24, 2.45) is 4.99 Å². The number of nitrogens with zero attached hydrogens (tertiary/aromatic N) is 2. The highest BCUT2D eigenvalue weighted by atomic mass is 127. The van der Waals surface area contributed by atoms with E-state index in [0.29, 0.717) is 0 Å². The van der Waals surface area contributed by atoms with E-state index in [9.17, 15) is 4.79 Å². The van der Waals surface area contributed by atoms with Crippen molar-refractivity contribution in [3.63, 3.8) is 0 Å². The highest BCUT2D eigenvalue weighted by Crippen LogP contribution is 2.34. The molecule has 2 N–H and O–H groups in total. The third-order valence-corrected chi connectivity index (χ3v) is 6.40. The van der Waals surface area contributed by atoms with Crippen LogP contribution in [-0.4, -0.2) is 74.7 Å². The third kappa shape index (κ3) is 8.33. The largest absolute Gasteiger partial charge is 0.381 e. The van der Waals surface area contributed by atoms with E-state index in [1.807, 2.05) is 30.0 Å². The minimum Gasteiger partial charge on any atom is -0.381 e. The highest BCUT2D eigenvalue weighted by Gasteiger charge is 2.32. The van der Waals surface area contributed by atoms with Crippen LogP contribution in [0.3, 0.4) is 0 Å². The molecule has 0 saturated carbocycles. The van der Waals surface area contributed by atoms with Crippen molar-refractivity contribution in [1.29, 1.82) is 0 Å². The van der Waals surface area contributed by atoms with E-state index in [1.165, 1.54) is 0 Å². The smallest absolute Gasteiger partial charge is 0.253 e. The molecule has 29 heavy (non-hydrogen) atoms. The Morgan fingerprint density at radius 3 is 2.62 bits per heavy atom. The number of nitrogens with one attached hydrogen (secondary N) is 2. The fraction of sp³-hybridized carbons (Fsp3) is 0.619. The zero-order chi connectivity index (χ0) is 20.4. The number of hydrogen-bond acceptors (Lipinski definition) is 4. The number of thioether (sulfide) groups is 1. The van der Waals surface area contributed by atoms with Gasteiger partial charge >= 0.3 is 0 Å². The zero-order valence-electron chi connectivity index (χ0n) is 18.0. The molecule has 0 unspecified atom stereocenters. The number of rotatable bonds is 8. The van der Waals surface area contributed by atoms with Crippen molar-refractivity contribution in [2.45, 2.75) is 30.9 Å². The molecule has 164 valence electrons. The van der Waals surface area contributed by atoms with E-state index in [0.717, 1.165) is 68.4 Å². The zero-order valence-corrected chi connectivity index (χ0v) is 21.1. The summed E-state index contributed by atoms with van der Waals surface area (Å²) < 4.78 is 5.77. The number of aliphatic imine (C=N–C) groups is 1. The molecule has 0 radical (unpaired) electrons. The number of amides is 1. The van der Waals surface area contributed by atoms with Crippen molar-refractivity contribution >= 4 is 47.6 Å². The average Bonchev–Trinajstić information content (AvgIpc) is 2.71. The summed E-state index contributed by atoms with van der Waals surface area (Å²) >= 11 is 2.02. The molecule has 1 saturated heterocycles. The van der Waals surface area contributed by atoms with Crippen LogP contribution in [0, 0.1) is 0 Å². The maximum Gasteiger partial charge on any atom is 0.253 e. The minimum atomic E-state index is 0. The Balaban J connectivity index is 0.00000420. The van der Waals surface area contributed by atoms with Crippen LogP contribution in [0.15, 0.2) is 29.3 Å². The second-order valence-corrected chi connectivity index (χ2v) is 8.96. The molecule has 1 aromatic rings. The predicted molar refractivity (Wildman–Crippen MR) is 134 cm³/mol.